The van der Waals surface area contributed by atoms with E-state index in [9.17, 15) is 9.18 Å². The maximum absolute atomic E-state index is 13.2. The van der Waals surface area contributed by atoms with Gasteiger partial charge in [-0.15, -0.1) is 11.6 Å². The molecule has 1 aromatic carbocycles. The average molecular weight is 321 g/mol. The molecule has 5 heteroatoms. The van der Waals surface area contributed by atoms with Crippen LogP contribution >= 0.6 is 27.5 Å². The lowest BCUT2D eigenvalue weighted by Gasteiger charge is -2.29. The van der Waals surface area contributed by atoms with E-state index in [1.807, 2.05) is 0 Å². The summed E-state index contributed by atoms with van der Waals surface area (Å²) in [5.74, 6) is -0.572. The van der Waals surface area contributed by atoms with E-state index >= 15 is 0 Å². The average Bonchev–Trinajstić information content (AvgIpc) is 2.26. The van der Waals surface area contributed by atoms with Crippen molar-refractivity contribution >= 4 is 33.4 Å². The van der Waals surface area contributed by atoms with Crippen molar-refractivity contribution in [3.63, 3.8) is 0 Å². The van der Waals surface area contributed by atoms with Crippen molar-refractivity contribution in [1.82, 2.24) is 4.90 Å². The molecule has 1 saturated heterocycles. The third-order valence-corrected chi connectivity index (χ3v) is 3.57. The molecule has 1 unspecified atom stereocenters. The SMILES string of the molecule is O=C(c1cc(F)cc(Br)c1)N1CCCC(Cl)C1. The van der Waals surface area contributed by atoms with Crippen LogP contribution in [0.4, 0.5) is 4.39 Å². The lowest BCUT2D eigenvalue weighted by Crippen LogP contribution is -2.40. The van der Waals surface area contributed by atoms with Crippen LogP contribution < -0.4 is 0 Å². The zero-order valence-corrected chi connectivity index (χ0v) is 11.5. The molecule has 1 amide bonds. The molecule has 0 aliphatic carbocycles. The monoisotopic (exact) mass is 319 g/mol. The molecular formula is C12H12BrClFNO. The standard InChI is InChI=1S/C12H12BrClFNO/c13-9-4-8(5-11(15)6-9)12(17)16-3-1-2-10(14)7-16/h4-6,10H,1-3,7H2. The van der Waals surface area contributed by atoms with E-state index in [2.05, 4.69) is 15.9 Å². The van der Waals surface area contributed by atoms with Crippen LogP contribution in [0.1, 0.15) is 23.2 Å². The molecule has 92 valence electrons. The quantitative estimate of drug-likeness (QED) is 0.726. The summed E-state index contributed by atoms with van der Waals surface area (Å²) in [5, 5.41) is 0.00435. The Balaban J connectivity index is 2.18. The maximum Gasteiger partial charge on any atom is 0.254 e. The second-order valence-corrected chi connectivity index (χ2v) is 5.68. The first kappa shape index (κ1) is 12.8. The maximum atomic E-state index is 13.2. The Morgan fingerprint density at radius 1 is 1.47 bits per heavy atom. The van der Waals surface area contributed by atoms with Crippen molar-refractivity contribution in [2.24, 2.45) is 0 Å². The number of halogens is 3. The molecule has 2 nitrogen and oxygen atoms in total. The number of rotatable bonds is 1. The van der Waals surface area contributed by atoms with E-state index in [0.29, 0.717) is 23.1 Å². The fourth-order valence-corrected chi connectivity index (χ4v) is 2.76. The van der Waals surface area contributed by atoms with Gasteiger partial charge in [-0.3, -0.25) is 4.79 Å². The van der Waals surface area contributed by atoms with E-state index in [4.69, 9.17) is 11.6 Å². The highest BCUT2D eigenvalue weighted by Crippen LogP contribution is 2.20. The molecule has 1 aliphatic heterocycles. The van der Waals surface area contributed by atoms with Crippen molar-refractivity contribution in [2.45, 2.75) is 18.2 Å². The number of likely N-dealkylation sites (tertiary alicyclic amines) is 1. The van der Waals surface area contributed by atoms with Crippen molar-refractivity contribution in [3.05, 3.63) is 34.1 Å². The highest BCUT2D eigenvalue weighted by atomic mass is 79.9. The van der Waals surface area contributed by atoms with Crippen LogP contribution in [0.3, 0.4) is 0 Å². The van der Waals surface area contributed by atoms with Gasteiger partial charge in [-0.25, -0.2) is 4.39 Å². The molecule has 1 aromatic rings. The molecule has 1 fully saturated rings. The number of hydrogen-bond donors (Lipinski definition) is 0. The largest absolute Gasteiger partial charge is 0.337 e. The van der Waals surface area contributed by atoms with Crippen LogP contribution in [0.15, 0.2) is 22.7 Å². The molecule has 0 aromatic heterocycles. The molecule has 17 heavy (non-hydrogen) atoms. The van der Waals surface area contributed by atoms with Gasteiger partial charge in [0.25, 0.3) is 5.91 Å². The minimum atomic E-state index is -0.415. The van der Waals surface area contributed by atoms with Gasteiger partial charge in [0.05, 0.1) is 5.38 Å². The Morgan fingerprint density at radius 2 is 2.24 bits per heavy atom. The second-order valence-electron chi connectivity index (χ2n) is 4.15. The number of hydrogen-bond acceptors (Lipinski definition) is 1. The summed E-state index contributed by atoms with van der Waals surface area (Å²) >= 11 is 9.21. The van der Waals surface area contributed by atoms with Crippen molar-refractivity contribution in [2.75, 3.05) is 13.1 Å². The first-order valence-corrected chi connectivity index (χ1v) is 6.68. The van der Waals surface area contributed by atoms with Crippen molar-refractivity contribution in [1.29, 1.82) is 0 Å². The minimum absolute atomic E-state index is 0.00435. The van der Waals surface area contributed by atoms with E-state index in [-0.39, 0.29) is 11.3 Å². The molecular weight excluding hydrogens is 308 g/mol. The summed E-state index contributed by atoms with van der Waals surface area (Å²) in [6.07, 6.45) is 1.83. The summed E-state index contributed by atoms with van der Waals surface area (Å²) in [5.41, 5.74) is 0.364. The Morgan fingerprint density at radius 3 is 2.88 bits per heavy atom. The first-order chi connectivity index (χ1) is 8.06. The topological polar surface area (TPSA) is 20.3 Å². The predicted molar refractivity (Wildman–Crippen MR) is 68.9 cm³/mol. The molecule has 0 bridgehead atoms. The van der Waals surface area contributed by atoms with Gasteiger partial charge in [-0.2, -0.15) is 0 Å². The first-order valence-electron chi connectivity index (χ1n) is 5.45. The van der Waals surface area contributed by atoms with E-state index in [0.717, 1.165) is 12.8 Å². The fourth-order valence-electron chi connectivity index (χ4n) is 1.97. The lowest BCUT2D eigenvalue weighted by molar-refractivity contribution is 0.0726. The smallest absolute Gasteiger partial charge is 0.254 e. The van der Waals surface area contributed by atoms with Crippen LogP contribution in [0.5, 0.6) is 0 Å². The van der Waals surface area contributed by atoms with E-state index < -0.39 is 5.82 Å². The van der Waals surface area contributed by atoms with Gasteiger partial charge in [0.15, 0.2) is 0 Å². The normalized spacial score (nSPS) is 20.4. The molecule has 2 rings (SSSR count). The van der Waals surface area contributed by atoms with Gasteiger partial charge in [0, 0.05) is 23.1 Å². The number of amides is 1. The number of carbonyl (C=O) groups is 1. The zero-order chi connectivity index (χ0) is 12.4. The Kier molecular flexibility index (Phi) is 4.05. The van der Waals surface area contributed by atoms with E-state index in [1.54, 1.807) is 11.0 Å². The summed E-state index contributed by atoms with van der Waals surface area (Å²) in [4.78, 5) is 13.8. The minimum Gasteiger partial charge on any atom is -0.337 e. The van der Waals surface area contributed by atoms with Crippen LogP contribution in [0.25, 0.3) is 0 Å². The van der Waals surface area contributed by atoms with Crippen molar-refractivity contribution in [3.8, 4) is 0 Å². The van der Waals surface area contributed by atoms with Crippen LogP contribution in [0, 0.1) is 5.82 Å². The Bertz CT molecular complexity index is 420. The van der Waals surface area contributed by atoms with E-state index in [1.165, 1.54) is 12.1 Å². The second kappa shape index (κ2) is 5.36. The molecule has 1 aliphatic rings. The summed E-state index contributed by atoms with van der Waals surface area (Å²) in [6, 6.07) is 4.21. The molecule has 0 N–H and O–H groups in total. The lowest BCUT2D eigenvalue weighted by atomic mass is 10.1. The fraction of sp³-hybridized carbons (Fsp3) is 0.417. The Hall–Kier alpha value is -0.610. The molecule has 0 saturated carbocycles. The van der Waals surface area contributed by atoms with Crippen LogP contribution in [0.2, 0.25) is 0 Å². The number of nitrogens with zero attached hydrogens (tertiary/aromatic N) is 1. The predicted octanol–water partition coefficient (Wildman–Crippen LogP) is 3.43. The highest BCUT2D eigenvalue weighted by molar-refractivity contribution is 9.10. The summed E-state index contributed by atoms with van der Waals surface area (Å²) < 4.78 is 13.8. The number of carbonyl (C=O) groups excluding carboxylic acids is 1. The van der Waals surface area contributed by atoms with Crippen molar-refractivity contribution < 1.29 is 9.18 Å². The number of piperidine rings is 1. The zero-order valence-electron chi connectivity index (χ0n) is 9.13. The molecule has 0 radical (unpaired) electrons. The summed E-state index contributed by atoms with van der Waals surface area (Å²) in [6.45, 7) is 1.23. The van der Waals surface area contributed by atoms with Gasteiger partial charge in [0.2, 0.25) is 0 Å². The summed E-state index contributed by atoms with van der Waals surface area (Å²) in [7, 11) is 0. The molecule has 0 spiro atoms. The van der Waals surface area contributed by atoms with Gasteiger partial charge in [-0.1, -0.05) is 15.9 Å². The van der Waals surface area contributed by atoms with Gasteiger partial charge in [-0.05, 0) is 31.0 Å². The molecule has 1 heterocycles. The Labute approximate surface area is 113 Å². The number of benzene rings is 1. The van der Waals surface area contributed by atoms with Crippen LogP contribution in [-0.2, 0) is 0 Å². The molecule has 1 atom stereocenters. The third-order valence-electron chi connectivity index (χ3n) is 2.76. The highest BCUT2D eigenvalue weighted by Gasteiger charge is 2.23. The van der Waals surface area contributed by atoms with Gasteiger partial charge in [0.1, 0.15) is 5.82 Å². The van der Waals surface area contributed by atoms with Crippen LogP contribution in [-0.4, -0.2) is 29.3 Å². The van der Waals surface area contributed by atoms with Gasteiger partial charge < -0.3 is 4.90 Å². The number of alkyl halides is 1. The van der Waals surface area contributed by atoms with Gasteiger partial charge >= 0.3 is 0 Å². The third kappa shape index (κ3) is 3.19.